The molecule has 4 nitrogen and oxygen atoms in total. The summed E-state index contributed by atoms with van der Waals surface area (Å²) >= 11 is 0. The van der Waals surface area contributed by atoms with Crippen molar-refractivity contribution in [3.05, 3.63) is 89.5 Å². The molecule has 0 aliphatic rings. The molecule has 0 bridgehead atoms. The molecule has 0 heterocycles. The van der Waals surface area contributed by atoms with E-state index in [4.69, 9.17) is 14.2 Å². The molecule has 3 aromatic carbocycles. The highest BCUT2D eigenvalue weighted by atomic mass is 35.5. The van der Waals surface area contributed by atoms with Gasteiger partial charge in [-0.05, 0) is 43.1 Å². The van der Waals surface area contributed by atoms with Crippen molar-refractivity contribution in [2.24, 2.45) is 0 Å². The van der Waals surface area contributed by atoms with Crippen LogP contribution in [0.3, 0.4) is 0 Å². The molecular weight excluding hydrogens is 398 g/mol. The normalized spacial score (nSPS) is 10.2. The first-order valence-electron chi connectivity index (χ1n) is 10.1. The first kappa shape index (κ1) is 23.6. The zero-order valence-corrected chi connectivity index (χ0v) is 18.4. The van der Waals surface area contributed by atoms with E-state index in [0.29, 0.717) is 19.8 Å². The molecule has 5 heteroatoms. The lowest BCUT2D eigenvalue weighted by Crippen LogP contribution is -2.18. The Balaban J connectivity index is 0.00000320. The maximum atomic E-state index is 6.17. The maximum Gasteiger partial charge on any atom is 0.166 e. The summed E-state index contributed by atoms with van der Waals surface area (Å²) in [6.07, 6.45) is 0.898. The molecule has 0 fully saturated rings. The van der Waals surface area contributed by atoms with Crippen LogP contribution in [0.1, 0.15) is 23.6 Å². The second-order valence-corrected chi connectivity index (χ2v) is 6.69. The summed E-state index contributed by atoms with van der Waals surface area (Å²) in [6, 6.07) is 24.4. The number of ether oxygens (including phenoxy) is 3. The van der Waals surface area contributed by atoms with Crippen molar-refractivity contribution in [3.8, 4) is 17.2 Å². The van der Waals surface area contributed by atoms with Gasteiger partial charge in [0.15, 0.2) is 11.5 Å². The zero-order valence-electron chi connectivity index (χ0n) is 17.6. The van der Waals surface area contributed by atoms with Crippen LogP contribution in [0.25, 0.3) is 0 Å². The van der Waals surface area contributed by atoms with E-state index in [-0.39, 0.29) is 12.4 Å². The van der Waals surface area contributed by atoms with Gasteiger partial charge in [-0.25, -0.2) is 0 Å². The van der Waals surface area contributed by atoms with Crippen molar-refractivity contribution in [1.82, 2.24) is 5.32 Å². The van der Waals surface area contributed by atoms with Gasteiger partial charge in [-0.1, -0.05) is 60.7 Å². The molecule has 0 aromatic heterocycles. The van der Waals surface area contributed by atoms with Crippen LogP contribution < -0.4 is 19.5 Å². The number of hydrogen-bond donors (Lipinski definition) is 1. The third-order valence-corrected chi connectivity index (χ3v) is 4.67. The number of methoxy groups -OCH3 is 1. The third kappa shape index (κ3) is 6.68. The van der Waals surface area contributed by atoms with Gasteiger partial charge in [0.2, 0.25) is 0 Å². The smallest absolute Gasteiger partial charge is 0.166 e. The van der Waals surface area contributed by atoms with Crippen molar-refractivity contribution in [1.29, 1.82) is 0 Å². The van der Waals surface area contributed by atoms with Gasteiger partial charge in [0, 0.05) is 12.1 Å². The fourth-order valence-corrected chi connectivity index (χ4v) is 3.22. The quantitative estimate of drug-likeness (QED) is 0.414. The summed E-state index contributed by atoms with van der Waals surface area (Å²) in [5.74, 6) is 2.52. The van der Waals surface area contributed by atoms with Gasteiger partial charge < -0.3 is 19.5 Å². The van der Waals surface area contributed by atoms with Gasteiger partial charge in [-0.15, -0.1) is 12.4 Å². The topological polar surface area (TPSA) is 39.7 Å². The average Bonchev–Trinajstić information content (AvgIpc) is 2.77. The Bertz CT molecular complexity index is 887. The van der Waals surface area contributed by atoms with Gasteiger partial charge in [0.25, 0.3) is 0 Å². The molecule has 0 saturated heterocycles. The average molecular weight is 428 g/mol. The standard InChI is InChI=1S/C25H29NO3.ClH/c1-3-28-24-15-9-13-22(25(24)29-19-20-10-5-4-6-11-20)18-26-17-16-21-12-7-8-14-23(21)27-2;/h4-15,26H,3,16-19H2,1-2H3;1H. The van der Waals surface area contributed by atoms with Gasteiger partial charge in [-0.3, -0.25) is 0 Å². The maximum absolute atomic E-state index is 6.17. The number of halogens is 1. The fraction of sp³-hybridized carbons (Fsp3) is 0.280. The van der Waals surface area contributed by atoms with Crippen molar-refractivity contribution in [2.75, 3.05) is 20.3 Å². The number of benzene rings is 3. The van der Waals surface area contributed by atoms with Crippen molar-refractivity contribution in [3.63, 3.8) is 0 Å². The summed E-state index contributed by atoms with van der Waals surface area (Å²) in [7, 11) is 1.71. The summed E-state index contributed by atoms with van der Waals surface area (Å²) in [6.45, 7) is 4.65. The molecule has 0 atom stereocenters. The second-order valence-electron chi connectivity index (χ2n) is 6.69. The van der Waals surface area contributed by atoms with Gasteiger partial charge >= 0.3 is 0 Å². The van der Waals surface area contributed by atoms with Crippen molar-refractivity contribution >= 4 is 12.4 Å². The lowest BCUT2D eigenvalue weighted by Gasteiger charge is -2.17. The largest absolute Gasteiger partial charge is 0.496 e. The summed E-state index contributed by atoms with van der Waals surface area (Å²) in [5, 5.41) is 3.52. The highest BCUT2D eigenvalue weighted by Gasteiger charge is 2.11. The lowest BCUT2D eigenvalue weighted by molar-refractivity contribution is 0.266. The van der Waals surface area contributed by atoms with Crippen LogP contribution in [0.2, 0.25) is 0 Å². The van der Waals surface area contributed by atoms with E-state index in [9.17, 15) is 0 Å². The number of hydrogen-bond acceptors (Lipinski definition) is 4. The molecule has 0 aliphatic carbocycles. The molecule has 0 radical (unpaired) electrons. The minimum atomic E-state index is 0. The highest BCUT2D eigenvalue weighted by molar-refractivity contribution is 5.85. The molecule has 30 heavy (non-hydrogen) atoms. The van der Waals surface area contributed by atoms with Crippen LogP contribution in [-0.2, 0) is 19.6 Å². The van der Waals surface area contributed by atoms with Crippen LogP contribution in [-0.4, -0.2) is 20.3 Å². The van der Waals surface area contributed by atoms with Crippen LogP contribution in [0.15, 0.2) is 72.8 Å². The van der Waals surface area contributed by atoms with Crippen molar-refractivity contribution < 1.29 is 14.2 Å². The van der Waals surface area contributed by atoms with E-state index >= 15 is 0 Å². The summed E-state index contributed by atoms with van der Waals surface area (Å²) < 4.78 is 17.4. The number of para-hydroxylation sites is 2. The van der Waals surface area contributed by atoms with Gasteiger partial charge in [-0.2, -0.15) is 0 Å². The summed E-state index contributed by atoms with van der Waals surface area (Å²) in [4.78, 5) is 0. The lowest BCUT2D eigenvalue weighted by atomic mass is 10.1. The SMILES string of the molecule is CCOc1cccc(CNCCc2ccccc2OC)c1OCc1ccccc1.Cl. The fourth-order valence-electron chi connectivity index (χ4n) is 3.22. The third-order valence-electron chi connectivity index (χ3n) is 4.67. The van der Waals surface area contributed by atoms with Crippen LogP contribution >= 0.6 is 12.4 Å². The van der Waals surface area contributed by atoms with E-state index < -0.39 is 0 Å². The molecule has 160 valence electrons. The molecular formula is C25H30ClNO3. The van der Waals surface area contributed by atoms with Crippen LogP contribution in [0.4, 0.5) is 0 Å². The number of rotatable bonds is 11. The minimum Gasteiger partial charge on any atom is -0.496 e. The van der Waals surface area contributed by atoms with Gasteiger partial charge in [0.1, 0.15) is 12.4 Å². The molecule has 0 amide bonds. The second kappa shape index (κ2) is 12.8. The zero-order chi connectivity index (χ0) is 20.3. The van der Waals surface area contributed by atoms with E-state index in [1.807, 2.05) is 55.5 Å². The molecule has 3 aromatic rings. The van der Waals surface area contributed by atoms with Crippen molar-refractivity contribution in [2.45, 2.75) is 26.5 Å². The predicted octanol–water partition coefficient (Wildman–Crippen LogP) is 5.43. The van der Waals surface area contributed by atoms with E-state index in [2.05, 4.69) is 29.6 Å². The van der Waals surface area contributed by atoms with E-state index in [1.54, 1.807) is 7.11 Å². The minimum absolute atomic E-state index is 0. The predicted molar refractivity (Wildman–Crippen MR) is 124 cm³/mol. The first-order chi connectivity index (χ1) is 14.3. The Morgan fingerprint density at radius 1 is 0.767 bits per heavy atom. The monoisotopic (exact) mass is 427 g/mol. The van der Waals surface area contributed by atoms with E-state index in [1.165, 1.54) is 5.56 Å². The Morgan fingerprint density at radius 2 is 1.47 bits per heavy atom. The molecule has 1 N–H and O–H groups in total. The molecule has 0 unspecified atom stereocenters. The van der Waals surface area contributed by atoms with E-state index in [0.717, 1.165) is 41.3 Å². The molecule has 0 spiro atoms. The number of nitrogens with one attached hydrogen (secondary N) is 1. The summed E-state index contributed by atoms with van der Waals surface area (Å²) in [5.41, 5.74) is 3.42. The Kier molecular flexibility index (Phi) is 10.1. The Hall–Kier alpha value is -2.69. The Labute approximate surface area is 185 Å². The Morgan fingerprint density at radius 3 is 2.23 bits per heavy atom. The van der Waals surface area contributed by atoms with Crippen LogP contribution in [0, 0.1) is 0 Å². The van der Waals surface area contributed by atoms with Crippen LogP contribution in [0.5, 0.6) is 17.2 Å². The highest BCUT2D eigenvalue weighted by Crippen LogP contribution is 2.32. The molecule has 0 saturated carbocycles. The molecule has 0 aliphatic heterocycles. The molecule has 3 rings (SSSR count). The van der Waals surface area contributed by atoms with Gasteiger partial charge in [0.05, 0.1) is 13.7 Å². The first-order valence-corrected chi connectivity index (χ1v) is 10.1.